The molecule has 1 aromatic heterocycles. The minimum absolute atomic E-state index is 0.518. The van der Waals surface area contributed by atoms with Gasteiger partial charge in [0.15, 0.2) is 0 Å². The molecule has 1 aromatic rings. The molecule has 0 spiro atoms. The first-order valence-electron chi connectivity index (χ1n) is 2.81. The first-order valence-corrected chi connectivity index (χ1v) is 4.54. The molecule has 0 aromatic carbocycles. The maximum Gasteiger partial charge on any atom is 0.523 e. The summed E-state index contributed by atoms with van der Waals surface area (Å²) in [4.78, 5) is 3.94. The molecule has 0 fully saturated rings. The van der Waals surface area contributed by atoms with Gasteiger partial charge in [-0.25, -0.2) is 0 Å². The van der Waals surface area contributed by atoms with Gasteiger partial charge in [0.05, 0.1) is 21.9 Å². The van der Waals surface area contributed by atoms with Gasteiger partial charge >= 0.3 is 7.12 Å². The third kappa shape index (κ3) is 2.39. The molecular formula is C5H4BBrINO2. The smallest absolute Gasteiger partial charge is 0.422 e. The van der Waals surface area contributed by atoms with Crippen molar-refractivity contribution in [1.82, 2.24) is 4.98 Å². The molecule has 1 heterocycles. The number of hydrogen-bond acceptors (Lipinski definition) is 3. The molecule has 0 amide bonds. The highest BCUT2D eigenvalue weighted by Crippen LogP contribution is 2.00. The standard InChI is InChI=1S/C5H4BBrINO2/c7-11-6(10)5-4(8)2-1-3-9-5/h1-3,10H. The van der Waals surface area contributed by atoms with Crippen LogP contribution in [0.15, 0.2) is 18.3 Å². The highest BCUT2D eigenvalue weighted by molar-refractivity contribution is 14.1. The Morgan fingerprint density at radius 1 is 1.73 bits per heavy atom. The summed E-state index contributed by atoms with van der Waals surface area (Å²) >= 11 is 4.77. The van der Waals surface area contributed by atoms with E-state index in [0.29, 0.717) is 5.59 Å². The number of rotatable bonds is 2. The van der Waals surface area contributed by atoms with Crippen molar-refractivity contribution in [2.75, 3.05) is 0 Å². The second kappa shape index (κ2) is 4.39. The minimum Gasteiger partial charge on any atom is -0.422 e. The van der Waals surface area contributed by atoms with Gasteiger partial charge in [0.25, 0.3) is 0 Å². The fraction of sp³-hybridized carbons (Fsp3) is 0. The van der Waals surface area contributed by atoms with Crippen LogP contribution >= 0.6 is 38.8 Å². The van der Waals surface area contributed by atoms with Crippen LogP contribution in [0.5, 0.6) is 0 Å². The van der Waals surface area contributed by atoms with Crippen molar-refractivity contribution >= 4 is 51.6 Å². The molecular weight excluding hydrogens is 324 g/mol. The molecule has 0 radical (unpaired) electrons. The highest BCUT2D eigenvalue weighted by Gasteiger charge is 2.19. The lowest BCUT2D eigenvalue weighted by Crippen LogP contribution is -2.35. The van der Waals surface area contributed by atoms with Gasteiger partial charge in [0.2, 0.25) is 0 Å². The van der Waals surface area contributed by atoms with E-state index in [1.165, 1.54) is 0 Å². The quantitative estimate of drug-likeness (QED) is 0.642. The lowest BCUT2D eigenvalue weighted by molar-refractivity contribution is 0.478. The molecule has 11 heavy (non-hydrogen) atoms. The number of aromatic nitrogens is 1. The number of pyridine rings is 1. The molecule has 0 atom stereocenters. The Bertz CT molecular complexity index is 250. The van der Waals surface area contributed by atoms with Crippen LogP contribution in [0.1, 0.15) is 0 Å². The van der Waals surface area contributed by atoms with E-state index in [0.717, 1.165) is 3.57 Å². The molecule has 1 N–H and O–H groups in total. The van der Waals surface area contributed by atoms with Crippen molar-refractivity contribution in [2.45, 2.75) is 0 Å². The van der Waals surface area contributed by atoms with Gasteiger partial charge in [-0.15, -0.1) is 0 Å². The van der Waals surface area contributed by atoms with Crippen LogP contribution < -0.4 is 5.59 Å². The predicted octanol–water partition coefficient (Wildman–Crippen LogP) is 0.700. The third-order valence-electron chi connectivity index (χ3n) is 1.11. The minimum atomic E-state index is -0.997. The number of halogens is 2. The lowest BCUT2D eigenvalue weighted by Gasteiger charge is -2.01. The highest BCUT2D eigenvalue weighted by atomic mass is 127. The van der Waals surface area contributed by atoms with Gasteiger partial charge in [-0.1, -0.05) is 0 Å². The molecule has 1 rings (SSSR count). The average molecular weight is 328 g/mol. The number of nitrogens with zero attached hydrogens (tertiary/aromatic N) is 1. The maximum absolute atomic E-state index is 9.17. The zero-order valence-electron chi connectivity index (χ0n) is 5.37. The normalized spacial score (nSPS) is 9.73. The van der Waals surface area contributed by atoms with Crippen LogP contribution in [-0.4, -0.2) is 17.1 Å². The Morgan fingerprint density at radius 3 is 3.00 bits per heavy atom. The Balaban J connectivity index is 2.93. The van der Waals surface area contributed by atoms with Crippen LogP contribution in [0.4, 0.5) is 0 Å². The van der Waals surface area contributed by atoms with Gasteiger partial charge in [-0.05, 0) is 34.7 Å². The van der Waals surface area contributed by atoms with Gasteiger partial charge in [-0.3, -0.25) is 4.98 Å². The van der Waals surface area contributed by atoms with E-state index in [1.807, 2.05) is 6.07 Å². The summed E-state index contributed by atoms with van der Waals surface area (Å²) in [5, 5.41) is 9.17. The van der Waals surface area contributed by atoms with E-state index in [9.17, 15) is 5.02 Å². The second-order valence-electron chi connectivity index (χ2n) is 1.81. The molecule has 0 unspecified atom stereocenters. The summed E-state index contributed by atoms with van der Waals surface area (Å²) in [5.74, 6) is 0. The van der Waals surface area contributed by atoms with Crippen LogP contribution in [0.25, 0.3) is 0 Å². The summed E-state index contributed by atoms with van der Waals surface area (Å²) in [6, 6.07) is 3.64. The zero-order chi connectivity index (χ0) is 8.27. The van der Waals surface area contributed by atoms with E-state index in [4.69, 9.17) is 0 Å². The van der Waals surface area contributed by atoms with Crippen molar-refractivity contribution in [1.29, 1.82) is 0 Å². The molecule has 0 aliphatic rings. The van der Waals surface area contributed by atoms with Crippen LogP contribution in [0.2, 0.25) is 0 Å². The molecule has 0 saturated carbocycles. The number of hydrogen-bond donors (Lipinski definition) is 1. The van der Waals surface area contributed by atoms with Crippen LogP contribution in [-0.2, 0) is 3.75 Å². The summed E-state index contributed by atoms with van der Waals surface area (Å²) in [6.07, 6.45) is 1.60. The fourth-order valence-corrected chi connectivity index (χ4v) is 1.41. The summed E-state index contributed by atoms with van der Waals surface area (Å²) < 4.78 is 5.39. The van der Waals surface area contributed by atoms with Crippen molar-refractivity contribution in [2.24, 2.45) is 0 Å². The summed E-state index contributed by atoms with van der Waals surface area (Å²) in [5.41, 5.74) is 0.518. The van der Waals surface area contributed by atoms with Gasteiger partial charge in [0.1, 0.15) is 0 Å². The van der Waals surface area contributed by atoms with E-state index in [1.54, 1.807) is 12.3 Å². The third-order valence-corrected chi connectivity index (χ3v) is 2.37. The first-order chi connectivity index (χ1) is 5.25. The van der Waals surface area contributed by atoms with Crippen LogP contribution in [0, 0.1) is 3.57 Å². The van der Waals surface area contributed by atoms with E-state index < -0.39 is 7.12 Å². The Hall–Kier alpha value is 0.345. The maximum atomic E-state index is 9.17. The molecule has 0 aliphatic heterocycles. The molecule has 0 bridgehead atoms. The predicted molar refractivity (Wildman–Crippen MR) is 54.6 cm³/mol. The SMILES string of the molecule is OB(OBr)c1ncccc1I. The van der Waals surface area contributed by atoms with Crippen molar-refractivity contribution in [3.63, 3.8) is 0 Å². The summed E-state index contributed by atoms with van der Waals surface area (Å²) in [7, 11) is -0.997. The van der Waals surface area contributed by atoms with Gasteiger partial charge in [0, 0.05) is 9.77 Å². The van der Waals surface area contributed by atoms with Crippen molar-refractivity contribution in [3.05, 3.63) is 21.9 Å². The van der Waals surface area contributed by atoms with Crippen molar-refractivity contribution < 1.29 is 8.77 Å². The van der Waals surface area contributed by atoms with Gasteiger partial charge in [-0.2, -0.15) is 0 Å². The van der Waals surface area contributed by atoms with E-state index >= 15 is 0 Å². The Kier molecular flexibility index (Phi) is 3.76. The lowest BCUT2D eigenvalue weighted by atomic mass is 9.86. The summed E-state index contributed by atoms with van der Waals surface area (Å²) in [6.45, 7) is 0. The zero-order valence-corrected chi connectivity index (χ0v) is 9.11. The first kappa shape index (κ1) is 9.43. The largest absolute Gasteiger partial charge is 0.523 e. The fourth-order valence-electron chi connectivity index (χ4n) is 0.622. The van der Waals surface area contributed by atoms with Gasteiger partial charge < -0.3 is 8.77 Å². The molecule has 0 saturated heterocycles. The second-order valence-corrected chi connectivity index (χ2v) is 3.35. The average Bonchev–Trinajstić information content (AvgIpc) is 2.04. The topological polar surface area (TPSA) is 42.4 Å². The molecule has 6 heteroatoms. The van der Waals surface area contributed by atoms with Crippen molar-refractivity contribution in [3.8, 4) is 0 Å². The molecule has 58 valence electrons. The Labute approximate surface area is 86.9 Å². The van der Waals surface area contributed by atoms with E-state index in [-0.39, 0.29) is 0 Å². The monoisotopic (exact) mass is 327 g/mol. The molecule has 3 nitrogen and oxygen atoms in total. The van der Waals surface area contributed by atoms with Crippen LogP contribution in [0.3, 0.4) is 0 Å². The Morgan fingerprint density at radius 2 is 2.45 bits per heavy atom. The van der Waals surface area contributed by atoms with E-state index in [2.05, 4.69) is 47.6 Å². The molecule has 0 aliphatic carbocycles.